The zero-order valence-corrected chi connectivity index (χ0v) is 12.5. The van der Waals surface area contributed by atoms with Gasteiger partial charge in [0.05, 0.1) is 6.61 Å². The number of hydrogen-bond donors (Lipinski definition) is 1. The molecule has 2 aliphatic rings. The molecule has 0 amide bonds. The van der Waals surface area contributed by atoms with Crippen molar-refractivity contribution in [3.05, 3.63) is 29.3 Å². The molecule has 1 aliphatic carbocycles. The fourth-order valence-electron chi connectivity index (χ4n) is 3.36. The van der Waals surface area contributed by atoms with Crippen molar-refractivity contribution >= 4 is 0 Å². The van der Waals surface area contributed by atoms with Crippen LogP contribution in [0.15, 0.2) is 18.2 Å². The maximum atomic E-state index is 5.78. The van der Waals surface area contributed by atoms with E-state index in [0.29, 0.717) is 12.0 Å². The highest BCUT2D eigenvalue weighted by atomic mass is 16.5. The molecule has 0 aromatic heterocycles. The van der Waals surface area contributed by atoms with Gasteiger partial charge in [0, 0.05) is 17.0 Å². The third-order valence-electron chi connectivity index (χ3n) is 4.88. The Hall–Kier alpha value is -1.02. The summed E-state index contributed by atoms with van der Waals surface area (Å²) in [5, 5.41) is 3.52. The van der Waals surface area contributed by atoms with Crippen molar-refractivity contribution in [1.82, 2.24) is 5.32 Å². The third-order valence-corrected chi connectivity index (χ3v) is 4.88. The smallest absolute Gasteiger partial charge is 0.123 e. The minimum Gasteiger partial charge on any atom is -0.492 e. The fourth-order valence-corrected chi connectivity index (χ4v) is 3.36. The van der Waals surface area contributed by atoms with Crippen LogP contribution in [0.3, 0.4) is 0 Å². The fraction of sp³-hybridized carbons (Fsp3) is 0.647. The van der Waals surface area contributed by atoms with Gasteiger partial charge in [-0.15, -0.1) is 0 Å². The minimum atomic E-state index is 0.145. The first-order valence-corrected chi connectivity index (χ1v) is 7.47. The number of benzene rings is 1. The SMILES string of the molecule is CNC(c1ccc2c(c1)C(C)(C)CO2)C(C)C1CC1. The lowest BCUT2D eigenvalue weighted by atomic mass is 9.83. The van der Waals surface area contributed by atoms with Crippen molar-refractivity contribution in [3.8, 4) is 5.75 Å². The van der Waals surface area contributed by atoms with Crippen LogP contribution in [0, 0.1) is 11.8 Å². The molecule has 1 aliphatic heterocycles. The zero-order chi connectivity index (χ0) is 13.6. The molecule has 1 aromatic rings. The van der Waals surface area contributed by atoms with E-state index in [1.165, 1.54) is 24.0 Å². The van der Waals surface area contributed by atoms with Gasteiger partial charge in [0.2, 0.25) is 0 Å². The van der Waals surface area contributed by atoms with Gasteiger partial charge in [-0.3, -0.25) is 0 Å². The average molecular weight is 259 g/mol. The van der Waals surface area contributed by atoms with E-state index in [1.807, 2.05) is 0 Å². The van der Waals surface area contributed by atoms with Crippen LogP contribution in [-0.2, 0) is 5.41 Å². The lowest BCUT2D eigenvalue weighted by Crippen LogP contribution is -2.25. The lowest BCUT2D eigenvalue weighted by molar-refractivity contribution is 0.291. The highest BCUT2D eigenvalue weighted by molar-refractivity contribution is 5.46. The minimum absolute atomic E-state index is 0.145. The van der Waals surface area contributed by atoms with Crippen LogP contribution in [0.25, 0.3) is 0 Å². The van der Waals surface area contributed by atoms with E-state index in [-0.39, 0.29) is 5.41 Å². The molecule has 2 unspecified atom stereocenters. The predicted molar refractivity (Wildman–Crippen MR) is 78.7 cm³/mol. The number of fused-ring (bicyclic) bond motifs is 1. The van der Waals surface area contributed by atoms with E-state index >= 15 is 0 Å². The van der Waals surface area contributed by atoms with Crippen LogP contribution in [0.1, 0.15) is 50.8 Å². The van der Waals surface area contributed by atoms with Crippen molar-refractivity contribution in [2.24, 2.45) is 11.8 Å². The average Bonchev–Trinajstić information content (AvgIpc) is 3.18. The largest absolute Gasteiger partial charge is 0.492 e. The summed E-state index contributed by atoms with van der Waals surface area (Å²) >= 11 is 0. The molecular formula is C17H25NO. The zero-order valence-electron chi connectivity index (χ0n) is 12.5. The van der Waals surface area contributed by atoms with Gasteiger partial charge in [-0.25, -0.2) is 0 Å². The van der Waals surface area contributed by atoms with Gasteiger partial charge in [0.25, 0.3) is 0 Å². The maximum Gasteiger partial charge on any atom is 0.123 e. The monoisotopic (exact) mass is 259 g/mol. The van der Waals surface area contributed by atoms with E-state index in [1.54, 1.807) is 0 Å². The summed E-state index contributed by atoms with van der Waals surface area (Å²) < 4.78 is 5.78. The molecule has 2 nitrogen and oxygen atoms in total. The second-order valence-electron chi connectivity index (χ2n) is 6.89. The van der Waals surface area contributed by atoms with Crippen LogP contribution in [0.4, 0.5) is 0 Å². The first-order valence-electron chi connectivity index (χ1n) is 7.47. The third kappa shape index (κ3) is 2.27. The molecule has 1 aromatic carbocycles. The van der Waals surface area contributed by atoms with E-state index in [2.05, 4.69) is 51.3 Å². The molecule has 0 radical (unpaired) electrons. The quantitative estimate of drug-likeness (QED) is 0.891. The molecule has 104 valence electrons. The molecule has 3 rings (SSSR count). The Morgan fingerprint density at radius 2 is 2.05 bits per heavy atom. The van der Waals surface area contributed by atoms with E-state index in [4.69, 9.17) is 4.74 Å². The second-order valence-corrected chi connectivity index (χ2v) is 6.89. The van der Waals surface area contributed by atoms with Gasteiger partial charge in [-0.05, 0) is 49.4 Å². The summed E-state index contributed by atoms with van der Waals surface area (Å²) in [5.41, 5.74) is 2.93. The van der Waals surface area contributed by atoms with E-state index < -0.39 is 0 Å². The number of ether oxygens (including phenoxy) is 1. The molecule has 2 atom stereocenters. The maximum absolute atomic E-state index is 5.78. The Bertz CT molecular complexity index is 476. The molecule has 0 bridgehead atoms. The van der Waals surface area contributed by atoms with Crippen molar-refractivity contribution in [1.29, 1.82) is 0 Å². The van der Waals surface area contributed by atoms with Gasteiger partial charge in [-0.2, -0.15) is 0 Å². The van der Waals surface area contributed by atoms with Gasteiger partial charge in [-0.1, -0.05) is 26.8 Å². The number of hydrogen-bond acceptors (Lipinski definition) is 2. The normalized spacial score (nSPS) is 23.6. The van der Waals surface area contributed by atoms with Gasteiger partial charge >= 0.3 is 0 Å². The standard InChI is InChI=1S/C17H25NO/c1-11(12-5-6-12)16(18-4)13-7-8-15-14(9-13)17(2,3)10-19-15/h7-9,11-12,16,18H,5-6,10H2,1-4H3. The summed E-state index contributed by atoms with van der Waals surface area (Å²) in [6.45, 7) is 7.71. The Kier molecular flexibility index (Phi) is 3.09. The Balaban J connectivity index is 1.92. The summed E-state index contributed by atoms with van der Waals surface area (Å²) in [7, 11) is 2.08. The molecule has 0 spiro atoms. The van der Waals surface area contributed by atoms with Crippen LogP contribution < -0.4 is 10.1 Å². The number of nitrogens with one attached hydrogen (secondary N) is 1. The molecule has 1 saturated carbocycles. The van der Waals surface area contributed by atoms with Crippen molar-refractivity contribution in [3.63, 3.8) is 0 Å². The molecule has 0 saturated heterocycles. The Labute approximate surface area is 116 Å². The summed E-state index contributed by atoms with van der Waals surface area (Å²) in [6.07, 6.45) is 2.80. The topological polar surface area (TPSA) is 21.3 Å². The Morgan fingerprint density at radius 1 is 1.32 bits per heavy atom. The highest BCUT2D eigenvalue weighted by Gasteiger charge is 2.36. The predicted octanol–water partition coefficient (Wildman–Crippen LogP) is 3.66. The highest BCUT2D eigenvalue weighted by Crippen LogP contribution is 2.45. The van der Waals surface area contributed by atoms with Gasteiger partial charge < -0.3 is 10.1 Å². The van der Waals surface area contributed by atoms with E-state index in [0.717, 1.165) is 18.3 Å². The van der Waals surface area contributed by atoms with Crippen LogP contribution >= 0.6 is 0 Å². The van der Waals surface area contributed by atoms with Gasteiger partial charge in [0.1, 0.15) is 5.75 Å². The summed E-state index contributed by atoms with van der Waals surface area (Å²) in [4.78, 5) is 0. The van der Waals surface area contributed by atoms with Gasteiger partial charge in [0.15, 0.2) is 0 Å². The van der Waals surface area contributed by atoms with Crippen LogP contribution in [0.5, 0.6) is 5.75 Å². The van der Waals surface area contributed by atoms with Crippen LogP contribution in [0.2, 0.25) is 0 Å². The van der Waals surface area contributed by atoms with Crippen molar-refractivity contribution in [2.45, 2.75) is 45.1 Å². The first kappa shape index (κ1) is 13.0. The van der Waals surface area contributed by atoms with E-state index in [9.17, 15) is 0 Å². The summed E-state index contributed by atoms with van der Waals surface area (Å²) in [6, 6.07) is 7.22. The molecule has 1 heterocycles. The Morgan fingerprint density at radius 3 is 2.68 bits per heavy atom. The molecule has 19 heavy (non-hydrogen) atoms. The molecule has 1 N–H and O–H groups in total. The second kappa shape index (κ2) is 4.52. The van der Waals surface area contributed by atoms with Crippen LogP contribution in [-0.4, -0.2) is 13.7 Å². The molecule has 2 heteroatoms. The van der Waals surface area contributed by atoms with Crippen molar-refractivity contribution < 1.29 is 4.74 Å². The number of rotatable bonds is 4. The molecule has 1 fully saturated rings. The molecular weight excluding hydrogens is 234 g/mol. The van der Waals surface area contributed by atoms with Crippen molar-refractivity contribution in [2.75, 3.05) is 13.7 Å². The first-order chi connectivity index (χ1) is 9.03. The summed E-state index contributed by atoms with van der Waals surface area (Å²) in [5.74, 6) is 2.70. The lowest BCUT2D eigenvalue weighted by Gasteiger charge is -2.25.